The highest BCUT2D eigenvalue weighted by Gasteiger charge is 2.09. The normalized spacial score (nSPS) is 10.5. The summed E-state index contributed by atoms with van der Waals surface area (Å²) in [4.78, 5) is 11.9. The molecule has 0 aliphatic heterocycles. The van der Waals surface area contributed by atoms with Crippen LogP contribution < -0.4 is 9.47 Å². The lowest BCUT2D eigenvalue weighted by molar-refractivity contribution is -0.136. The molecule has 0 radical (unpaired) electrons. The molecule has 0 spiro atoms. The van der Waals surface area contributed by atoms with Crippen molar-refractivity contribution in [2.75, 3.05) is 6.61 Å². The van der Waals surface area contributed by atoms with Crippen molar-refractivity contribution in [2.24, 2.45) is 0 Å². The van der Waals surface area contributed by atoms with Crippen molar-refractivity contribution in [2.45, 2.75) is 0 Å². The average Bonchev–Trinajstić information content (AvgIpc) is 2.54. The van der Waals surface area contributed by atoms with Gasteiger partial charge in [0.2, 0.25) is 0 Å². The van der Waals surface area contributed by atoms with Gasteiger partial charge in [0.25, 0.3) is 0 Å². The number of carbonyl (C=O) groups excluding carboxylic acids is 1. The summed E-state index contributed by atoms with van der Waals surface area (Å²) >= 11 is 11.8. The Balaban J connectivity index is 1.64. The average molecular weight is 347 g/mol. The summed E-state index contributed by atoms with van der Waals surface area (Å²) in [6, 6.07) is 18.1. The van der Waals surface area contributed by atoms with E-state index in [1.54, 1.807) is 24.3 Å². The lowest BCUT2D eigenvalue weighted by Crippen LogP contribution is -2.17. The first kappa shape index (κ1) is 15.7. The topological polar surface area (TPSA) is 35.5 Å². The smallest absolute Gasteiger partial charge is 0.349 e. The van der Waals surface area contributed by atoms with Gasteiger partial charge in [0, 0.05) is 5.02 Å². The fourth-order valence-electron chi connectivity index (χ4n) is 2.12. The molecule has 0 saturated heterocycles. The number of hydrogen-bond donors (Lipinski definition) is 0. The Bertz CT molecular complexity index is 862. The molecule has 0 unspecified atom stereocenters. The van der Waals surface area contributed by atoms with E-state index in [1.807, 2.05) is 36.4 Å². The molecule has 23 heavy (non-hydrogen) atoms. The number of fused-ring (bicyclic) bond motifs is 1. The van der Waals surface area contributed by atoms with Gasteiger partial charge in [0.1, 0.15) is 11.5 Å². The Kier molecular flexibility index (Phi) is 4.70. The summed E-state index contributed by atoms with van der Waals surface area (Å²) in [5.74, 6) is 0.345. The predicted octanol–water partition coefficient (Wildman–Crippen LogP) is 5.13. The van der Waals surface area contributed by atoms with Gasteiger partial charge in [-0.15, -0.1) is 0 Å². The quantitative estimate of drug-likeness (QED) is 0.485. The van der Waals surface area contributed by atoms with Gasteiger partial charge < -0.3 is 9.47 Å². The van der Waals surface area contributed by atoms with Crippen molar-refractivity contribution < 1.29 is 14.3 Å². The number of ether oxygens (including phenoxy) is 2. The van der Waals surface area contributed by atoms with Crippen LogP contribution in [0.1, 0.15) is 0 Å². The van der Waals surface area contributed by atoms with Crippen molar-refractivity contribution in [3.63, 3.8) is 0 Å². The molecule has 0 atom stereocenters. The second-order valence-corrected chi connectivity index (χ2v) is 5.69. The van der Waals surface area contributed by atoms with Gasteiger partial charge in [-0.05, 0) is 41.1 Å². The Morgan fingerprint density at radius 1 is 0.913 bits per heavy atom. The molecule has 0 fully saturated rings. The lowest BCUT2D eigenvalue weighted by atomic mass is 10.1. The monoisotopic (exact) mass is 346 g/mol. The van der Waals surface area contributed by atoms with Crippen LogP contribution in [-0.4, -0.2) is 12.6 Å². The third kappa shape index (κ3) is 3.95. The maximum absolute atomic E-state index is 11.9. The largest absolute Gasteiger partial charge is 0.480 e. The van der Waals surface area contributed by atoms with Gasteiger partial charge in [0.15, 0.2) is 6.61 Å². The number of carbonyl (C=O) groups is 1. The first-order valence-electron chi connectivity index (χ1n) is 6.89. The minimum absolute atomic E-state index is 0.242. The van der Waals surface area contributed by atoms with E-state index in [1.165, 1.54) is 0 Å². The van der Waals surface area contributed by atoms with Crippen molar-refractivity contribution in [3.05, 3.63) is 70.7 Å². The lowest BCUT2D eigenvalue weighted by Gasteiger charge is -2.09. The molecular formula is C18H12Cl2O3. The Hall–Kier alpha value is -2.23. The first-order chi connectivity index (χ1) is 11.1. The molecular weight excluding hydrogens is 335 g/mol. The minimum atomic E-state index is -0.508. The van der Waals surface area contributed by atoms with Gasteiger partial charge in [-0.3, -0.25) is 0 Å². The second kappa shape index (κ2) is 6.90. The zero-order valence-corrected chi connectivity index (χ0v) is 13.5. The SMILES string of the molecule is O=C(COc1ccc(Cl)cc1Cl)Oc1ccc2ccccc2c1. The molecule has 3 nitrogen and oxygen atoms in total. The molecule has 3 rings (SSSR count). The van der Waals surface area contributed by atoms with E-state index in [2.05, 4.69) is 0 Å². The number of benzene rings is 3. The van der Waals surface area contributed by atoms with Gasteiger partial charge in [-0.25, -0.2) is 4.79 Å². The summed E-state index contributed by atoms with van der Waals surface area (Å²) in [5.41, 5.74) is 0. The highest BCUT2D eigenvalue weighted by atomic mass is 35.5. The van der Waals surface area contributed by atoms with Crippen molar-refractivity contribution >= 4 is 39.9 Å². The third-order valence-electron chi connectivity index (χ3n) is 3.19. The molecule has 0 aromatic heterocycles. The molecule has 0 aliphatic rings. The van der Waals surface area contributed by atoms with E-state index in [0.717, 1.165) is 10.8 Å². The number of esters is 1. The van der Waals surface area contributed by atoms with Gasteiger partial charge in [-0.1, -0.05) is 53.5 Å². The second-order valence-electron chi connectivity index (χ2n) is 4.85. The van der Waals surface area contributed by atoms with Crippen LogP contribution in [0.15, 0.2) is 60.7 Å². The van der Waals surface area contributed by atoms with E-state index in [4.69, 9.17) is 32.7 Å². The van der Waals surface area contributed by atoms with Crippen LogP contribution in [0.25, 0.3) is 10.8 Å². The maximum Gasteiger partial charge on any atom is 0.349 e. The highest BCUT2D eigenvalue weighted by molar-refractivity contribution is 6.35. The maximum atomic E-state index is 11.9. The minimum Gasteiger partial charge on any atom is -0.480 e. The van der Waals surface area contributed by atoms with Crippen LogP contribution in [0.5, 0.6) is 11.5 Å². The Morgan fingerprint density at radius 3 is 2.48 bits per heavy atom. The number of halogens is 2. The fraction of sp³-hybridized carbons (Fsp3) is 0.0556. The van der Waals surface area contributed by atoms with Crippen LogP contribution in [0.2, 0.25) is 10.0 Å². The summed E-state index contributed by atoms with van der Waals surface area (Å²) in [5, 5.41) is 2.92. The van der Waals surface area contributed by atoms with E-state index >= 15 is 0 Å². The van der Waals surface area contributed by atoms with Crippen LogP contribution >= 0.6 is 23.2 Å². The molecule has 0 heterocycles. The molecule has 0 N–H and O–H groups in total. The zero-order valence-electron chi connectivity index (χ0n) is 12.0. The highest BCUT2D eigenvalue weighted by Crippen LogP contribution is 2.27. The predicted molar refractivity (Wildman–Crippen MR) is 91.5 cm³/mol. The Labute approximate surface area is 143 Å². The van der Waals surface area contributed by atoms with E-state index in [9.17, 15) is 4.79 Å². The van der Waals surface area contributed by atoms with Crippen molar-refractivity contribution in [1.29, 1.82) is 0 Å². The van der Waals surface area contributed by atoms with Crippen molar-refractivity contribution in [3.8, 4) is 11.5 Å². The molecule has 0 aliphatic carbocycles. The molecule has 116 valence electrons. The molecule has 5 heteroatoms. The molecule has 3 aromatic carbocycles. The number of rotatable bonds is 4. The van der Waals surface area contributed by atoms with E-state index in [-0.39, 0.29) is 6.61 Å². The zero-order chi connectivity index (χ0) is 16.2. The fourth-order valence-corrected chi connectivity index (χ4v) is 2.58. The summed E-state index contributed by atoms with van der Waals surface area (Å²) in [7, 11) is 0. The molecule has 0 bridgehead atoms. The van der Waals surface area contributed by atoms with Crippen molar-refractivity contribution in [1.82, 2.24) is 0 Å². The van der Waals surface area contributed by atoms with E-state index in [0.29, 0.717) is 21.5 Å². The standard InChI is InChI=1S/C18H12Cl2O3/c19-14-6-8-17(16(20)10-14)22-11-18(21)23-15-7-5-12-3-1-2-4-13(12)9-15/h1-10H,11H2. The molecule has 0 saturated carbocycles. The Morgan fingerprint density at radius 2 is 1.70 bits per heavy atom. The summed E-state index contributed by atoms with van der Waals surface area (Å²) in [6.07, 6.45) is 0. The van der Waals surface area contributed by atoms with Gasteiger partial charge >= 0.3 is 5.97 Å². The van der Waals surface area contributed by atoms with Crippen LogP contribution in [-0.2, 0) is 4.79 Å². The third-order valence-corrected chi connectivity index (χ3v) is 3.72. The van der Waals surface area contributed by atoms with Crippen LogP contribution in [0.4, 0.5) is 0 Å². The van der Waals surface area contributed by atoms with Gasteiger partial charge in [-0.2, -0.15) is 0 Å². The van der Waals surface area contributed by atoms with E-state index < -0.39 is 5.97 Å². The molecule has 0 amide bonds. The summed E-state index contributed by atoms with van der Waals surface area (Å²) in [6.45, 7) is -0.242. The summed E-state index contributed by atoms with van der Waals surface area (Å²) < 4.78 is 10.6. The molecule has 3 aromatic rings. The van der Waals surface area contributed by atoms with Gasteiger partial charge in [0.05, 0.1) is 5.02 Å². The first-order valence-corrected chi connectivity index (χ1v) is 7.65. The van der Waals surface area contributed by atoms with Crippen LogP contribution in [0, 0.1) is 0 Å². The van der Waals surface area contributed by atoms with Crippen LogP contribution in [0.3, 0.4) is 0 Å². The number of hydrogen-bond acceptors (Lipinski definition) is 3.